The fourth-order valence-corrected chi connectivity index (χ4v) is 5.72. The Bertz CT molecular complexity index is 873. The Labute approximate surface area is 171 Å². The fraction of sp³-hybridized carbons (Fsp3) is 0.478. The first-order valence-corrected chi connectivity index (χ1v) is 10.7. The third kappa shape index (κ3) is 3.18. The van der Waals surface area contributed by atoms with Crippen LogP contribution in [0.4, 0.5) is 0 Å². The monoisotopic (exact) mass is 400 g/mol. The minimum Gasteiger partial charge on any atom is -0.454 e. The average Bonchev–Trinajstić information content (AvgIpc) is 3.17. The van der Waals surface area contributed by atoms with E-state index >= 15 is 0 Å². The molecule has 0 bridgehead atoms. The first kappa shape index (κ1) is 18.3. The SMILES string of the molecule is O[C@]12CCCC[C@@H]1[C@H](c1ccc3c(c1)OCO3)[NH+](Cc1ccccc1Cl)CC2. The highest BCUT2D eigenvalue weighted by molar-refractivity contribution is 6.31. The molecular formula is C23H27ClNO3+. The molecule has 5 heteroatoms. The van der Waals surface area contributed by atoms with Crippen LogP contribution in [0, 0.1) is 5.92 Å². The molecule has 0 aromatic heterocycles. The second-order valence-electron chi connectivity index (χ2n) is 8.47. The Balaban J connectivity index is 1.53. The van der Waals surface area contributed by atoms with Gasteiger partial charge in [-0.05, 0) is 37.1 Å². The van der Waals surface area contributed by atoms with E-state index in [0.717, 1.165) is 55.3 Å². The second-order valence-corrected chi connectivity index (χ2v) is 8.88. The van der Waals surface area contributed by atoms with Crippen molar-refractivity contribution in [1.82, 2.24) is 0 Å². The summed E-state index contributed by atoms with van der Waals surface area (Å²) in [7, 11) is 0. The zero-order valence-corrected chi connectivity index (χ0v) is 16.8. The second kappa shape index (κ2) is 7.25. The van der Waals surface area contributed by atoms with E-state index < -0.39 is 5.60 Å². The predicted molar refractivity (Wildman–Crippen MR) is 108 cm³/mol. The average molecular weight is 401 g/mol. The maximum absolute atomic E-state index is 11.5. The Hall–Kier alpha value is -1.75. The van der Waals surface area contributed by atoms with Crippen LogP contribution in [-0.2, 0) is 6.54 Å². The highest BCUT2D eigenvalue weighted by atomic mass is 35.5. The maximum atomic E-state index is 11.5. The number of benzene rings is 2. The van der Waals surface area contributed by atoms with Crippen molar-refractivity contribution >= 4 is 11.6 Å². The van der Waals surface area contributed by atoms with E-state index in [1.165, 1.54) is 22.4 Å². The lowest BCUT2D eigenvalue weighted by molar-refractivity contribution is -0.958. The highest BCUT2D eigenvalue weighted by Gasteiger charge is 2.51. The van der Waals surface area contributed by atoms with E-state index in [0.29, 0.717) is 0 Å². The molecule has 3 aliphatic rings. The van der Waals surface area contributed by atoms with E-state index in [4.69, 9.17) is 21.1 Å². The standard InChI is InChI=1S/C23H26ClNO3/c24-19-7-2-1-5-17(19)14-25-12-11-23(26)10-4-3-6-18(23)22(25)16-8-9-20-21(13-16)28-15-27-20/h1-2,5,7-9,13,18,22,26H,3-4,6,10-12,14-15H2/p+1/t18-,22+,23+/m1/s1. The summed E-state index contributed by atoms with van der Waals surface area (Å²) in [5.41, 5.74) is 1.85. The van der Waals surface area contributed by atoms with Crippen LogP contribution in [0.25, 0.3) is 0 Å². The Morgan fingerprint density at radius 2 is 1.93 bits per heavy atom. The van der Waals surface area contributed by atoms with Gasteiger partial charge < -0.3 is 19.5 Å². The Morgan fingerprint density at radius 1 is 1.07 bits per heavy atom. The molecule has 0 radical (unpaired) electrons. The Morgan fingerprint density at radius 3 is 2.82 bits per heavy atom. The number of likely N-dealkylation sites (tertiary alicyclic amines) is 1. The van der Waals surface area contributed by atoms with E-state index in [9.17, 15) is 5.11 Å². The lowest BCUT2D eigenvalue weighted by Gasteiger charge is -2.50. The number of piperidine rings is 1. The molecule has 2 aromatic rings. The van der Waals surface area contributed by atoms with Gasteiger partial charge in [0.25, 0.3) is 0 Å². The van der Waals surface area contributed by atoms with E-state index in [2.05, 4.69) is 24.3 Å². The van der Waals surface area contributed by atoms with Gasteiger partial charge in [-0.2, -0.15) is 0 Å². The Kier molecular flexibility index (Phi) is 4.74. The highest BCUT2D eigenvalue weighted by Crippen LogP contribution is 2.45. The first-order chi connectivity index (χ1) is 13.6. The number of ether oxygens (including phenoxy) is 2. The van der Waals surface area contributed by atoms with Crippen molar-refractivity contribution < 1.29 is 19.5 Å². The van der Waals surface area contributed by atoms with Gasteiger partial charge in [0.1, 0.15) is 12.6 Å². The molecule has 2 aliphatic heterocycles. The summed E-state index contributed by atoms with van der Waals surface area (Å²) in [6, 6.07) is 14.6. The van der Waals surface area contributed by atoms with Crippen LogP contribution in [0.15, 0.2) is 42.5 Å². The third-order valence-corrected chi connectivity index (χ3v) is 7.29. The molecule has 1 saturated carbocycles. The zero-order chi connectivity index (χ0) is 19.1. The van der Waals surface area contributed by atoms with Gasteiger partial charge in [0.2, 0.25) is 6.79 Å². The van der Waals surface area contributed by atoms with Crippen molar-refractivity contribution in [2.24, 2.45) is 5.92 Å². The van der Waals surface area contributed by atoms with Gasteiger partial charge in [-0.25, -0.2) is 0 Å². The maximum Gasteiger partial charge on any atom is 0.231 e. The quantitative estimate of drug-likeness (QED) is 0.828. The van der Waals surface area contributed by atoms with Crippen LogP contribution >= 0.6 is 11.6 Å². The van der Waals surface area contributed by atoms with Crippen molar-refractivity contribution in [3.8, 4) is 11.5 Å². The molecule has 4 atom stereocenters. The van der Waals surface area contributed by atoms with Crippen LogP contribution in [0.5, 0.6) is 11.5 Å². The molecule has 2 aromatic carbocycles. The summed E-state index contributed by atoms with van der Waals surface area (Å²) >= 11 is 6.48. The van der Waals surface area contributed by atoms with Crippen molar-refractivity contribution in [1.29, 1.82) is 0 Å². The number of nitrogens with one attached hydrogen (secondary N) is 1. The minimum absolute atomic E-state index is 0.227. The van der Waals surface area contributed by atoms with Crippen molar-refractivity contribution in [3.05, 3.63) is 58.6 Å². The number of aliphatic hydroxyl groups is 1. The minimum atomic E-state index is -0.552. The number of hydrogen-bond acceptors (Lipinski definition) is 3. The largest absolute Gasteiger partial charge is 0.454 e. The normalized spacial score (nSPS) is 31.4. The molecule has 5 rings (SSSR count). The molecule has 1 saturated heterocycles. The summed E-state index contributed by atoms with van der Waals surface area (Å²) in [6.07, 6.45) is 5.16. The van der Waals surface area contributed by atoms with Gasteiger partial charge in [-0.3, -0.25) is 0 Å². The molecule has 2 N–H and O–H groups in total. The summed E-state index contributed by atoms with van der Waals surface area (Å²) in [4.78, 5) is 1.48. The topological polar surface area (TPSA) is 43.1 Å². The number of hydrogen-bond donors (Lipinski definition) is 2. The molecule has 0 spiro atoms. The van der Waals surface area contributed by atoms with Crippen LogP contribution in [-0.4, -0.2) is 24.0 Å². The number of rotatable bonds is 3. The molecule has 28 heavy (non-hydrogen) atoms. The molecule has 0 amide bonds. The molecule has 1 aliphatic carbocycles. The van der Waals surface area contributed by atoms with Gasteiger partial charge in [0.15, 0.2) is 11.5 Å². The van der Waals surface area contributed by atoms with Crippen molar-refractivity contribution in [3.63, 3.8) is 0 Å². The van der Waals surface area contributed by atoms with Crippen molar-refractivity contribution in [2.45, 2.75) is 50.3 Å². The van der Waals surface area contributed by atoms with Gasteiger partial charge in [-0.15, -0.1) is 0 Å². The van der Waals surface area contributed by atoms with E-state index in [1.54, 1.807) is 0 Å². The summed E-state index contributed by atoms with van der Waals surface area (Å²) in [5, 5.41) is 12.3. The fourth-order valence-electron chi connectivity index (χ4n) is 5.51. The third-order valence-electron chi connectivity index (χ3n) is 6.92. The molecule has 2 heterocycles. The van der Waals surface area contributed by atoms with Crippen LogP contribution < -0.4 is 14.4 Å². The lowest BCUT2D eigenvalue weighted by Crippen LogP contribution is -3.13. The zero-order valence-electron chi connectivity index (χ0n) is 16.0. The lowest BCUT2D eigenvalue weighted by atomic mass is 9.66. The number of fused-ring (bicyclic) bond motifs is 2. The van der Waals surface area contributed by atoms with Crippen LogP contribution in [0.1, 0.15) is 49.3 Å². The van der Waals surface area contributed by atoms with E-state index in [1.807, 2.05) is 18.2 Å². The van der Waals surface area contributed by atoms with Gasteiger partial charge in [-0.1, -0.05) is 42.6 Å². The van der Waals surface area contributed by atoms with Crippen LogP contribution in [0.3, 0.4) is 0 Å². The van der Waals surface area contributed by atoms with Gasteiger partial charge in [0.05, 0.1) is 12.1 Å². The molecule has 1 unspecified atom stereocenters. The predicted octanol–water partition coefficient (Wildman–Crippen LogP) is 3.52. The smallest absolute Gasteiger partial charge is 0.231 e. The summed E-state index contributed by atoms with van der Waals surface area (Å²) < 4.78 is 11.2. The first-order valence-electron chi connectivity index (χ1n) is 10.3. The number of quaternary nitrogens is 1. The van der Waals surface area contributed by atoms with Gasteiger partial charge >= 0.3 is 0 Å². The number of halogens is 1. The van der Waals surface area contributed by atoms with Gasteiger partial charge in [0, 0.05) is 28.5 Å². The van der Waals surface area contributed by atoms with E-state index in [-0.39, 0.29) is 18.8 Å². The van der Waals surface area contributed by atoms with Crippen LogP contribution in [0.2, 0.25) is 5.02 Å². The molecular weight excluding hydrogens is 374 g/mol. The molecule has 2 fully saturated rings. The molecule has 4 nitrogen and oxygen atoms in total. The summed E-state index contributed by atoms with van der Waals surface area (Å²) in [5.74, 6) is 1.89. The summed E-state index contributed by atoms with van der Waals surface area (Å²) in [6.45, 7) is 2.09. The molecule has 148 valence electrons. The van der Waals surface area contributed by atoms with Crippen molar-refractivity contribution in [2.75, 3.05) is 13.3 Å².